The number of fused-ring (bicyclic) bond motifs is 3. The van der Waals surface area contributed by atoms with Crippen molar-refractivity contribution in [2.24, 2.45) is 0 Å². The third-order valence-corrected chi connectivity index (χ3v) is 7.20. The van der Waals surface area contributed by atoms with Crippen LogP contribution in [0.3, 0.4) is 0 Å². The van der Waals surface area contributed by atoms with Crippen LogP contribution in [0.2, 0.25) is 0 Å². The number of thiazole rings is 2. The Labute approximate surface area is 107 Å². The zero-order valence-corrected chi connectivity index (χ0v) is 11.2. The predicted molar refractivity (Wildman–Crippen MR) is 76.8 cm³/mol. The van der Waals surface area contributed by atoms with Crippen LogP contribution < -0.4 is 0 Å². The molecular weight excluding hydrogens is 267 g/mol. The number of nitrogens with zero attached hydrogens (tertiary/aromatic N) is 2. The molecule has 0 aliphatic carbocycles. The Morgan fingerprint density at radius 1 is 0.824 bits per heavy atom. The minimum atomic E-state index is -0.499. The second kappa shape index (κ2) is 3.64. The SMILES string of the molecule is c1ccc(-p2c3ncsc3c3scnc32)cc1. The number of rotatable bonds is 1. The molecule has 3 heterocycles. The van der Waals surface area contributed by atoms with E-state index in [1.807, 2.05) is 11.0 Å². The van der Waals surface area contributed by atoms with Crippen LogP contribution in [0.4, 0.5) is 0 Å². The molecule has 0 radical (unpaired) electrons. The lowest BCUT2D eigenvalue weighted by atomic mass is 10.4. The molecule has 0 fully saturated rings. The molecule has 82 valence electrons. The molecule has 0 atom stereocenters. The van der Waals surface area contributed by atoms with Crippen molar-refractivity contribution >= 4 is 50.1 Å². The molecule has 0 spiro atoms. The summed E-state index contributed by atoms with van der Waals surface area (Å²) in [6.45, 7) is 0. The lowest BCUT2D eigenvalue weighted by Gasteiger charge is -1.98. The fourth-order valence-corrected chi connectivity index (χ4v) is 6.88. The maximum absolute atomic E-state index is 4.56. The van der Waals surface area contributed by atoms with E-state index in [0.29, 0.717) is 0 Å². The van der Waals surface area contributed by atoms with Crippen LogP contribution in [0.15, 0.2) is 41.4 Å². The third-order valence-electron chi connectivity index (χ3n) is 2.74. The van der Waals surface area contributed by atoms with Crippen molar-refractivity contribution in [3.05, 3.63) is 41.4 Å². The van der Waals surface area contributed by atoms with Crippen LogP contribution in [0.25, 0.3) is 25.2 Å². The molecule has 3 aromatic heterocycles. The summed E-state index contributed by atoms with van der Waals surface area (Å²) in [5.74, 6) is 0. The van der Waals surface area contributed by atoms with Crippen molar-refractivity contribution in [2.75, 3.05) is 0 Å². The largest absolute Gasteiger partial charge is 0.240 e. The van der Waals surface area contributed by atoms with Gasteiger partial charge in [-0.2, -0.15) is 0 Å². The summed E-state index contributed by atoms with van der Waals surface area (Å²) in [7, 11) is -0.499. The first-order valence-corrected chi connectivity index (χ1v) is 8.28. The molecule has 17 heavy (non-hydrogen) atoms. The predicted octanol–water partition coefficient (Wildman–Crippen LogP) is 4.88. The third kappa shape index (κ3) is 1.32. The fraction of sp³-hybridized carbons (Fsp3) is 0. The number of benzene rings is 1. The van der Waals surface area contributed by atoms with Crippen molar-refractivity contribution < 1.29 is 0 Å². The topological polar surface area (TPSA) is 25.8 Å². The average Bonchev–Trinajstić information content (AvgIpc) is 3.01. The first kappa shape index (κ1) is 9.77. The highest BCUT2D eigenvalue weighted by Gasteiger charge is 2.17. The van der Waals surface area contributed by atoms with Crippen LogP contribution >= 0.6 is 30.2 Å². The van der Waals surface area contributed by atoms with Crippen molar-refractivity contribution in [3.8, 4) is 5.30 Å². The average molecular weight is 274 g/mol. The monoisotopic (exact) mass is 274 g/mol. The summed E-state index contributed by atoms with van der Waals surface area (Å²) in [6, 6.07) is 10.6. The van der Waals surface area contributed by atoms with Crippen LogP contribution in [0, 0.1) is 0 Å². The van der Waals surface area contributed by atoms with E-state index in [-0.39, 0.29) is 0 Å². The molecule has 4 rings (SSSR count). The highest BCUT2D eigenvalue weighted by atomic mass is 32.1. The highest BCUT2D eigenvalue weighted by molar-refractivity contribution is 7.69. The first-order chi connectivity index (χ1) is 8.45. The number of aromatic nitrogens is 2. The number of hydrogen-bond acceptors (Lipinski definition) is 4. The van der Waals surface area contributed by atoms with Crippen molar-refractivity contribution in [1.82, 2.24) is 9.97 Å². The summed E-state index contributed by atoms with van der Waals surface area (Å²) in [4.78, 5) is 9.11. The molecule has 0 unspecified atom stereocenters. The lowest BCUT2D eigenvalue weighted by molar-refractivity contribution is 1.53. The van der Waals surface area contributed by atoms with Gasteiger partial charge in [0.2, 0.25) is 0 Å². The van der Waals surface area contributed by atoms with Gasteiger partial charge in [-0.25, -0.2) is 9.97 Å². The van der Waals surface area contributed by atoms with E-state index < -0.39 is 7.53 Å². The Morgan fingerprint density at radius 3 is 2.00 bits per heavy atom. The molecule has 0 aliphatic rings. The maximum Gasteiger partial charge on any atom is 0.108 e. The molecule has 0 aliphatic heterocycles. The summed E-state index contributed by atoms with van der Waals surface area (Å²) >= 11 is 3.47. The van der Waals surface area contributed by atoms with Gasteiger partial charge in [-0.05, 0) is 7.53 Å². The highest BCUT2D eigenvalue weighted by Crippen LogP contribution is 2.55. The molecule has 0 bridgehead atoms. The second-order valence-electron chi connectivity index (χ2n) is 3.68. The van der Waals surface area contributed by atoms with Gasteiger partial charge in [-0.3, -0.25) is 0 Å². The minimum Gasteiger partial charge on any atom is -0.240 e. The lowest BCUT2D eigenvalue weighted by Crippen LogP contribution is -1.66. The normalized spacial score (nSPS) is 11.5. The van der Waals surface area contributed by atoms with Gasteiger partial charge in [-0.1, -0.05) is 30.3 Å². The molecule has 0 amide bonds. The smallest absolute Gasteiger partial charge is 0.108 e. The van der Waals surface area contributed by atoms with E-state index in [0.717, 1.165) is 0 Å². The Balaban J connectivity index is 2.22. The Bertz CT molecular complexity index is 750. The van der Waals surface area contributed by atoms with Gasteiger partial charge in [0.05, 0.1) is 20.4 Å². The van der Waals surface area contributed by atoms with E-state index in [2.05, 4.69) is 40.3 Å². The van der Waals surface area contributed by atoms with E-state index in [4.69, 9.17) is 0 Å². The van der Waals surface area contributed by atoms with Crippen LogP contribution in [0.5, 0.6) is 0 Å². The zero-order valence-electron chi connectivity index (χ0n) is 8.70. The molecule has 0 saturated carbocycles. The van der Waals surface area contributed by atoms with Crippen LogP contribution in [-0.2, 0) is 0 Å². The van der Waals surface area contributed by atoms with E-state index in [1.165, 1.54) is 25.2 Å². The molecule has 4 aromatic rings. The van der Waals surface area contributed by atoms with Gasteiger partial charge in [-0.15, -0.1) is 22.7 Å². The van der Waals surface area contributed by atoms with Gasteiger partial charge in [0.15, 0.2) is 0 Å². The van der Waals surface area contributed by atoms with Gasteiger partial charge >= 0.3 is 0 Å². The summed E-state index contributed by atoms with van der Waals surface area (Å²) in [5.41, 5.74) is 3.90. The quantitative estimate of drug-likeness (QED) is 0.494. The second-order valence-corrected chi connectivity index (χ2v) is 7.43. The van der Waals surface area contributed by atoms with Crippen molar-refractivity contribution in [2.45, 2.75) is 0 Å². The van der Waals surface area contributed by atoms with E-state index >= 15 is 0 Å². The fourth-order valence-electron chi connectivity index (χ4n) is 2.03. The number of hydrogen-bond donors (Lipinski definition) is 0. The van der Waals surface area contributed by atoms with Gasteiger partial charge < -0.3 is 0 Å². The summed E-state index contributed by atoms with van der Waals surface area (Å²) < 4.78 is 2.66. The maximum atomic E-state index is 4.56. The Morgan fingerprint density at radius 2 is 1.41 bits per heavy atom. The van der Waals surface area contributed by atoms with Crippen LogP contribution in [0.1, 0.15) is 0 Å². The van der Waals surface area contributed by atoms with E-state index in [9.17, 15) is 0 Å². The van der Waals surface area contributed by atoms with Gasteiger partial charge in [0.25, 0.3) is 0 Å². The molecule has 0 saturated heterocycles. The molecule has 0 N–H and O–H groups in total. The molecule has 5 heteroatoms. The minimum absolute atomic E-state index is 0.499. The standard InChI is InChI=1S/C12H7N2PS2/c1-2-4-8(5-3-1)15-11-9(16-6-13-11)10-12(15)14-7-17-10/h1-7H. The van der Waals surface area contributed by atoms with E-state index in [1.54, 1.807) is 22.7 Å². The van der Waals surface area contributed by atoms with Crippen molar-refractivity contribution in [1.29, 1.82) is 0 Å². The van der Waals surface area contributed by atoms with Gasteiger partial charge in [0, 0.05) is 5.30 Å². The van der Waals surface area contributed by atoms with Gasteiger partial charge in [0.1, 0.15) is 10.5 Å². The first-order valence-electron chi connectivity index (χ1n) is 5.17. The van der Waals surface area contributed by atoms with Crippen LogP contribution in [-0.4, -0.2) is 9.97 Å². The molecular formula is C12H7N2PS2. The summed E-state index contributed by atoms with van der Waals surface area (Å²) in [6.07, 6.45) is 0. The molecule has 1 aromatic carbocycles. The zero-order chi connectivity index (χ0) is 11.2. The molecule has 2 nitrogen and oxygen atoms in total. The Kier molecular flexibility index (Phi) is 2.09. The Hall–Kier alpha value is -1.22. The summed E-state index contributed by atoms with van der Waals surface area (Å²) in [5, 5.41) is 3.83. The van der Waals surface area contributed by atoms with Crippen molar-refractivity contribution in [3.63, 3.8) is 0 Å².